The van der Waals surface area contributed by atoms with Crippen LogP contribution in [0.25, 0.3) is 0 Å². The van der Waals surface area contributed by atoms with Gasteiger partial charge in [-0.25, -0.2) is 14.8 Å². The second-order valence-corrected chi connectivity index (χ2v) is 7.00. The lowest BCUT2D eigenvalue weighted by Crippen LogP contribution is -2.48. The van der Waals surface area contributed by atoms with Crippen molar-refractivity contribution in [3.63, 3.8) is 0 Å². The Balaban J connectivity index is 3.24. The zero-order valence-electron chi connectivity index (χ0n) is 12.5. The van der Waals surface area contributed by atoms with Crippen LogP contribution in [0.3, 0.4) is 0 Å². The molecule has 0 aliphatic rings. The van der Waals surface area contributed by atoms with Gasteiger partial charge in [-0.2, -0.15) is 0 Å². The molecule has 0 radical (unpaired) electrons. The third kappa shape index (κ3) is 4.49. The van der Waals surface area contributed by atoms with Crippen LogP contribution in [0.2, 0.25) is 10.4 Å². The van der Waals surface area contributed by atoms with Crippen molar-refractivity contribution >= 4 is 35.0 Å². The molecule has 0 atom stereocenters. The Morgan fingerprint density at radius 3 is 2.15 bits per heavy atom. The fourth-order valence-electron chi connectivity index (χ4n) is 1.53. The summed E-state index contributed by atoms with van der Waals surface area (Å²) in [4.78, 5) is 21.5. The maximum atomic E-state index is 12.4. The molecule has 7 heteroatoms. The predicted octanol–water partition coefficient (Wildman–Crippen LogP) is 4.32. The lowest BCUT2D eigenvalue weighted by atomic mass is 10.1. The van der Waals surface area contributed by atoms with Gasteiger partial charge in [-0.3, -0.25) is 4.90 Å². The summed E-state index contributed by atoms with van der Waals surface area (Å²) in [6.45, 7) is 11.0. The number of halogens is 2. The van der Waals surface area contributed by atoms with E-state index in [1.54, 1.807) is 20.8 Å². The SMILES string of the molecule is CC(C)(C)OC(=O)N(c1cnc(Cl)nc1Cl)C(C)(C)C. The summed E-state index contributed by atoms with van der Waals surface area (Å²) in [5, 5.41) is 0.127. The van der Waals surface area contributed by atoms with E-state index in [4.69, 9.17) is 27.9 Å². The first kappa shape index (κ1) is 17.0. The van der Waals surface area contributed by atoms with Gasteiger partial charge in [0.25, 0.3) is 0 Å². The van der Waals surface area contributed by atoms with E-state index in [0.717, 1.165) is 0 Å². The molecular weight excluding hydrogens is 301 g/mol. The molecule has 0 unspecified atom stereocenters. The number of carbonyl (C=O) groups is 1. The van der Waals surface area contributed by atoms with E-state index in [9.17, 15) is 4.79 Å². The first-order valence-corrected chi connectivity index (χ1v) is 6.88. The molecular formula is C13H19Cl2N3O2. The summed E-state index contributed by atoms with van der Waals surface area (Å²) < 4.78 is 5.41. The number of hydrogen-bond acceptors (Lipinski definition) is 4. The second kappa shape index (κ2) is 5.74. The second-order valence-electron chi connectivity index (χ2n) is 6.30. The van der Waals surface area contributed by atoms with Crippen LogP contribution in [0.15, 0.2) is 6.20 Å². The summed E-state index contributed by atoms with van der Waals surface area (Å²) in [7, 11) is 0. The minimum atomic E-state index is -0.611. The molecule has 1 heterocycles. The van der Waals surface area contributed by atoms with Crippen LogP contribution in [0.5, 0.6) is 0 Å². The highest BCUT2D eigenvalue weighted by Crippen LogP contribution is 2.31. The first-order valence-electron chi connectivity index (χ1n) is 6.13. The molecule has 20 heavy (non-hydrogen) atoms. The van der Waals surface area contributed by atoms with Crippen molar-refractivity contribution in [2.24, 2.45) is 0 Å². The highest BCUT2D eigenvalue weighted by atomic mass is 35.5. The molecule has 0 bridgehead atoms. The first-order chi connectivity index (χ1) is 8.92. The summed E-state index contributed by atoms with van der Waals surface area (Å²) >= 11 is 11.7. The number of rotatable bonds is 1. The number of aromatic nitrogens is 2. The van der Waals surface area contributed by atoms with Crippen molar-refractivity contribution in [3.8, 4) is 0 Å². The van der Waals surface area contributed by atoms with E-state index >= 15 is 0 Å². The van der Waals surface area contributed by atoms with Crippen LogP contribution >= 0.6 is 23.2 Å². The summed E-state index contributed by atoms with van der Waals surface area (Å²) in [5.74, 6) is 0. The van der Waals surface area contributed by atoms with E-state index in [1.165, 1.54) is 11.1 Å². The van der Waals surface area contributed by atoms with E-state index < -0.39 is 17.2 Å². The smallest absolute Gasteiger partial charge is 0.415 e. The van der Waals surface area contributed by atoms with Crippen LogP contribution in [-0.4, -0.2) is 27.2 Å². The summed E-state index contributed by atoms with van der Waals surface area (Å²) in [6, 6.07) is 0. The topological polar surface area (TPSA) is 55.3 Å². The van der Waals surface area contributed by atoms with Gasteiger partial charge in [-0.05, 0) is 53.1 Å². The average molecular weight is 320 g/mol. The maximum Gasteiger partial charge on any atom is 0.415 e. The molecule has 0 spiro atoms. The molecule has 0 fully saturated rings. The standard InChI is InChI=1S/C13H19Cl2N3O2/c1-12(2,3)18(11(19)20-13(4,5)6)8-7-16-10(15)17-9(8)14/h7H,1-6H3. The zero-order valence-corrected chi connectivity index (χ0v) is 14.0. The number of ether oxygens (including phenoxy) is 1. The van der Waals surface area contributed by atoms with Gasteiger partial charge < -0.3 is 4.74 Å². The molecule has 1 aromatic heterocycles. The van der Waals surface area contributed by atoms with Gasteiger partial charge in [0.15, 0.2) is 5.15 Å². The van der Waals surface area contributed by atoms with E-state index in [1.807, 2.05) is 20.8 Å². The Morgan fingerprint density at radius 1 is 1.20 bits per heavy atom. The van der Waals surface area contributed by atoms with Crippen LogP contribution < -0.4 is 4.90 Å². The molecule has 0 aromatic carbocycles. The van der Waals surface area contributed by atoms with E-state index in [0.29, 0.717) is 5.69 Å². The maximum absolute atomic E-state index is 12.4. The fourth-order valence-corrected chi connectivity index (χ4v) is 1.92. The Kier molecular flexibility index (Phi) is 4.87. The van der Waals surface area contributed by atoms with Gasteiger partial charge in [-0.15, -0.1) is 0 Å². The third-order valence-electron chi connectivity index (χ3n) is 2.18. The normalized spacial score (nSPS) is 12.2. The number of nitrogens with zero attached hydrogens (tertiary/aromatic N) is 3. The highest BCUT2D eigenvalue weighted by molar-refractivity contribution is 6.34. The summed E-state index contributed by atoms with van der Waals surface area (Å²) in [5.41, 5.74) is -0.804. The van der Waals surface area contributed by atoms with Crippen molar-refractivity contribution in [1.82, 2.24) is 9.97 Å². The van der Waals surface area contributed by atoms with Crippen LogP contribution in [-0.2, 0) is 4.74 Å². The van der Waals surface area contributed by atoms with Crippen molar-refractivity contribution in [2.45, 2.75) is 52.7 Å². The molecule has 112 valence electrons. The number of carbonyl (C=O) groups excluding carboxylic acids is 1. The van der Waals surface area contributed by atoms with Crippen LogP contribution in [0.4, 0.5) is 10.5 Å². The number of amides is 1. The molecule has 1 amide bonds. The van der Waals surface area contributed by atoms with Crippen molar-refractivity contribution < 1.29 is 9.53 Å². The largest absolute Gasteiger partial charge is 0.443 e. The molecule has 0 saturated heterocycles. The molecule has 1 aromatic rings. The lowest BCUT2D eigenvalue weighted by Gasteiger charge is -2.36. The van der Waals surface area contributed by atoms with Crippen LogP contribution in [0, 0.1) is 0 Å². The Hall–Kier alpha value is -1.07. The number of anilines is 1. The minimum Gasteiger partial charge on any atom is -0.443 e. The monoisotopic (exact) mass is 319 g/mol. The summed E-state index contributed by atoms with van der Waals surface area (Å²) in [6.07, 6.45) is 0.894. The van der Waals surface area contributed by atoms with Crippen molar-refractivity contribution in [2.75, 3.05) is 4.90 Å². The fraction of sp³-hybridized carbons (Fsp3) is 0.615. The molecule has 0 aliphatic carbocycles. The lowest BCUT2D eigenvalue weighted by molar-refractivity contribution is 0.0550. The Morgan fingerprint density at radius 2 is 1.75 bits per heavy atom. The molecule has 1 rings (SSSR count). The third-order valence-corrected chi connectivity index (χ3v) is 2.64. The Labute approximate surface area is 129 Å². The molecule has 0 aliphatic heterocycles. The van der Waals surface area contributed by atoms with Gasteiger partial charge >= 0.3 is 6.09 Å². The van der Waals surface area contributed by atoms with Crippen molar-refractivity contribution in [1.29, 1.82) is 0 Å². The highest BCUT2D eigenvalue weighted by Gasteiger charge is 2.34. The molecule has 5 nitrogen and oxygen atoms in total. The van der Waals surface area contributed by atoms with Gasteiger partial charge in [0.1, 0.15) is 11.3 Å². The zero-order chi connectivity index (χ0) is 15.7. The van der Waals surface area contributed by atoms with Gasteiger partial charge in [0.05, 0.1) is 6.20 Å². The molecule has 0 saturated carbocycles. The van der Waals surface area contributed by atoms with E-state index in [2.05, 4.69) is 9.97 Å². The molecule has 0 N–H and O–H groups in total. The predicted molar refractivity (Wildman–Crippen MR) is 80.5 cm³/mol. The number of hydrogen-bond donors (Lipinski definition) is 0. The van der Waals surface area contributed by atoms with Gasteiger partial charge in [0, 0.05) is 5.54 Å². The van der Waals surface area contributed by atoms with Crippen LogP contribution in [0.1, 0.15) is 41.5 Å². The Bertz CT molecular complexity index is 507. The van der Waals surface area contributed by atoms with E-state index in [-0.39, 0.29) is 10.4 Å². The van der Waals surface area contributed by atoms with Crippen molar-refractivity contribution in [3.05, 3.63) is 16.6 Å². The minimum absolute atomic E-state index is 0.0248. The quantitative estimate of drug-likeness (QED) is 0.571. The van der Waals surface area contributed by atoms with Gasteiger partial charge in [0.2, 0.25) is 5.28 Å². The average Bonchev–Trinajstić information content (AvgIpc) is 2.17. The van der Waals surface area contributed by atoms with Gasteiger partial charge in [-0.1, -0.05) is 11.6 Å².